The van der Waals surface area contributed by atoms with Crippen molar-refractivity contribution in [1.82, 2.24) is 19.8 Å². The molecule has 3 rings (SSSR count). The molecule has 2 aliphatic rings. The van der Waals surface area contributed by atoms with Crippen molar-refractivity contribution in [2.75, 3.05) is 26.2 Å². The molecule has 11 nitrogen and oxygen atoms in total. The van der Waals surface area contributed by atoms with Crippen LogP contribution in [0.4, 0.5) is 0 Å². The molecule has 0 aliphatic carbocycles. The minimum absolute atomic E-state index is 0.112. The lowest BCUT2D eigenvalue weighted by atomic mass is 9.75. The summed E-state index contributed by atoms with van der Waals surface area (Å²) in [5.41, 5.74) is 2.61. The van der Waals surface area contributed by atoms with Crippen molar-refractivity contribution in [2.45, 2.75) is 75.7 Å². The van der Waals surface area contributed by atoms with E-state index >= 15 is 0 Å². The minimum Gasteiger partial charge on any atom is -0.388 e. The second-order valence-electron chi connectivity index (χ2n) is 9.42. The molecule has 0 aromatic carbocycles. The first kappa shape index (κ1) is 25.1. The Bertz CT molecular complexity index is 963. The van der Waals surface area contributed by atoms with Crippen LogP contribution in [0.2, 0.25) is 0 Å². The van der Waals surface area contributed by atoms with Gasteiger partial charge in [-0.15, -0.1) is 0 Å². The highest BCUT2D eigenvalue weighted by Gasteiger charge is 2.50. The number of rotatable bonds is 7. The molecular weight excluding hydrogens is 430 g/mol. The standard InChI is InChI=1S/C22H35N5O6/c1-15(28)24-16(5-3-4-9-23)19(30)26-11-7-22(8-12-26)14-21(2,32)17(13-33-22)27-10-6-18(29)25-20(27)31/h6,10,16-17,32H,3-5,7-9,11-14,23H2,1-2H3,(H,24,28)(H,25,29,31)/t16-,17-,21-/m0/s1. The van der Waals surface area contributed by atoms with Crippen molar-refractivity contribution >= 4 is 11.8 Å². The summed E-state index contributed by atoms with van der Waals surface area (Å²) in [5, 5.41) is 14.0. The lowest BCUT2D eigenvalue weighted by Gasteiger charge is -2.51. The van der Waals surface area contributed by atoms with Gasteiger partial charge in [-0.25, -0.2) is 4.79 Å². The molecule has 2 aliphatic heterocycles. The number of ether oxygens (including phenoxy) is 1. The second kappa shape index (κ2) is 10.2. The van der Waals surface area contributed by atoms with Crippen LogP contribution in [-0.2, 0) is 14.3 Å². The molecule has 2 fully saturated rings. The molecule has 33 heavy (non-hydrogen) atoms. The molecule has 0 bridgehead atoms. The molecule has 1 spiro atoms. The van der Waals surface area contributed by atoms with Crippen molar-refractivity contribution in [2.24, 2.45) is 5.73 Å². The maximum Gasteiger partial charge on any atom is 0.328 e. The van der Waals surface area contributed by atoms with Gasteiger partial charge in [0.15, 0.2) is 0 Å². The number of carbonyl (C=O) groups is 2. The molecule has 3 atom stereocenters. The predicted molar refractivity (Wildman–Crippen MR) is 121 cm³/mol. The maximum atomic E-state index is 13.1. The first-order valence-corrected chi connectivity index (χ1v) is 11.5. The number of carbonyl (C=O) groups excluding carboxylic acids is 2. The van der Waals surface area contributed by atoms with Crippen LogP contribution in [0.25, 0.3) is 0 Å². The Kier molecular flexibility index (Phi) is 7.76. The van der Waals surface area contributed by atoms with Gasteiger partial charge in [-0.2, -0.15) is 0 Å². The number of nitrogens with zero attached hydrogens (tertiary/aromatic N) is 2. The van der Waals surface area contributed by atoms with Gasteiger partial charge < -0.3 is 25.8 Å². The number of likely N-dealkylation sites (tertiary alicyclic amines) is 1. The van der Waals surface area contributed by atoms with Crippen molar-refractivity contribution in [3.8, 4) is 0 Å². The fourth-order valence-electron chi connectivity index (χ4n) is 4.98. The highest BCUT2D eigenvalue weighted by atomic mass is 16.5. The molecule has 5 N–H and O–H groups in total. The van der Waals surface area contributed by atoms with Gasteiger partial charge in [0.05, 0.1) is 23.9 Å². The lowest BCUT2D eigenvalue weighted by Crippen LogP contribution is -2.60. The Morgan fingerprint density at radius 2 is 2.03 bits per heavy atom. The van der Waals surface area contributed by atoms with Crippen molar-refractivity contribution in [3.63, 3.8) is 0 Å². The average Bonchev–Trinajstić information content (AvgIpc) is 2.73. The molecule has 2 amide bonds. The number of hydrogen-bond donors (Lipinski definition) is 4. The highest BCUT2D eigenvalue weighted by Crippen LogP contribution is 2.43. The van der Waals surface area contributed by atoms with E-state index in [2.05, 4.69) is 10.3 Å². The van der Waals surface area contributed by atoms with Crippen LogP contribution in [0.3, 0.4) is 0 Å². The Morgan fingerprint density at radius 3 is 2.61 bits per heavy atom. The number of H-pyrrole nitrogens is 1. The molecule has 0 unspecified atom stereocenters. The number of hydrogen-bond acceptors (Lipinski definition) is 7. The summed E-state index contributed by atoms with van der Waals surface area (Å²) in [7, 11) is 0. The zero-order valence-electron chi connectivity index (χ0n) is 19.3. The van der Waals surface area contributed by atoms with Gasteiger partial charge in [0.2, 0.25) is 11.8 Å². The fraction of sp³-hybridized carbons (Fsp3) is 0.727. The first-order chi connectivity index (χ1) is 15.6. The highest BCUT2D eigenvalue weighted by molar-refractivity contribution is 5.86. The Balaban J connectivity index is 1.64. The number of unbranched alkanes of at least 4 members (excludes halogenated alkanes) is 1. The van der Waals surface area contributed by atoms with E-state index in [0.29, 0.717) is 45.3 Å². The van der Waals surface area contributed by atoms with Crippen molar-refractivity contribution in [3.05, 3.63) is 33.1 Å². The van der Waals surface area contributed by atoms with Crippen LogP contribution in [0.5, 0.6) is 0 Å². The van der Waals surface area contributed by atoms with E-state index in [1.165, 1.54) is 23.8 Å². The molecule has 1 aromatic heterocycles. The fourth-order valence-corrected chi connectivity index (χ4v) is 4.98. The third-order valence-corrected chi connectivity index (χ3v) is 6.74. The van der Waals surface area contributed by atoms with Gasteiger partial charge in [0.1, 0.15) is 6.04 Å². The van der Waals surface area contributed by atoms with Crippen molar-refractivity contribution < 1.29 is 19.4 Å². The van der Waals surface area contributed by atoms with E-state index in [4.69, 9.17) is 10.5 Å². The molecule has 3 heterocycles. The van der Waals surface area contributed by atoms with E-state index in [0.717, 1.165) is 12.8 Å². The number of nitrogens with one attached hydrogen (secondary N) is 2. The summed E-state index contributed by atoms with van der Waals surface area (Å²) >= 11 is 0. The van der Waals surface area contributed by atoms with Crippen LogP contribution in [0, 0.1) is 0 Å². The van der Waals surface area contributed by atoms with Crippen LogP contribution in [0.1, 0.15) is 58.4 Å². The molecule has 0 saturated carbocycles. The summed E-state index contributed by atoms with van der Waals surface area (Å²) in [6.45, 7) is 4.62. The smallest absolute Gasteiger partial charge is 0.328 e. The van der Waals surface area contributed by atoms with E-state index in [1.807, 2.05) is 0 Å². The molecule has 1 aromatic rings. The third-order valence-electron chi connectivity index (χ3n) is 6.74. The summed E-state index contributed by atoms with van der Waals surface area (Å²) in [6.07, 6.45) is 4.82. The van der Waals surface area contributed by atoms with Gasteiger partial charge in [-0.1, -0.05) is 0 Å². The molecule has 11 heteroatoms. The lowest BCUT2D eigenvalue weighted by molar-refractivity contribution is -0.198. The summed E-state index contributed by atoms with van der Waals surface area (Å²) in [4.78, 5) is 52.2. The topological polar surface area (TPSA) is 160 Å². The number of aromatic amines is 1. The predicted octanol–water partition coefficient (Wildman–Crippen LogP) is -0.756. The number of piperidine rings is 1. The summed E-state index contributed by atoms with van der Waals surface area (Å²) in [6, 6.07) is 0.0270. The second-order valence-corrected chi connectivity index (χ2v) is 9.42. The Labute approximate surface area is 192 Å². The van der Waals surface area contributed by atoms with Gasteiger partial charge >= 0.3 is 5.69 Å². The van der Waals surface area contributed by atoms with E-state index < -0.39 is 34.5 Å². The first-order valence-electron chi connectivity index (χ1n) is 11.5. The quantitative estimate of drug-likeness (QED) is 0.385. The number of nitrogens with two attached hydrogens (primary N) is 1. The van der Waals surface area contributed by atoms with Crippen LogP contribution < -0.4 is 22.3 Å². The minimum atomic E-state index is -1.24. The zero-order valence-corrected chi connectivity index (χ0v) is 19.3. The molecule has 184 valence electrons. The molecule has 2 saturated heterocycles. The summed E-state index contributed by atoms with van der Waals surface area (Å²) in [5.74, 6) is -0.359. The van der Waals surface area contributed by atoms with Crippen LogP contribution >= 0.6 is 0 Å². The number of aliphatic hydroxyl groups is 1. The maximum absolute atomic E-state index is 13.1. The Hall–Kier alpha value is -2.50. The number of amides is 2. The van der Waals surface area contributed by atoms with Gasteiger partial charge in [0.25, 0.3) is 5.56 Å². The SMILES string of the molecule is CC(=O)N[C@@H](CCCCN)C(=O)N1CCC2(CC1)C[C@](C)(O)[C@@H](n1ccc(=O)[nH]c1=O)CO2. The van der Waals surface area contributed by atoms with E-state index in [-0.39, 0.29) is 18.4 Å². The zero-order chi connectivity index (χ0) is 24.2. The van der Waals surface area contributed by atoms with Crippen LogP contribution in [0.15, 0.2) is 21.9 Å². The van der Waals surface area contributed by atoms with Crippen LogP contribution in [-0.4, -0.2) is 74.9 Å². The van der Waals surface area contributed by atoms with Gasteiger partial charge in [-0.3, -0.25) is 23.9 Å². The normalized spacial score (nSPS) is 25.6. The van der Waals surface area contributed by atoms with E-state index in [1.54, 1.807) is 11.8 Å². The van der Waals surface area contributed by atoms with Crippen molar-refractivity contribution in [1.29, 1.82) is 0 Å². The van der Waals surface area contributed by atoms with E-state index in [9.17, 15) is 24.3 Å². The molecular formula is C22H35N5O6. The number of aromatic nitrogens is 2. The van der Waals surface area contributed by atoms with Gasteiger partial charge in [-0.05, 0) is 45.6 Å². The van der Waals surface area contributed by atoms with Gasteiger partial charge in [0, 0.05) is 38.7 Å². The summed E-state index contributed by atoms with van der Waals surface area (Å²) < 4.78 is 7.49. The molecule has 0 radical (unpaired) electrons. The monoisotopic (exact) mass is 465 g/mol. The largest absolute Gasteiger partial charge is 0.388 e. The third kappa shape index (κ3) is 5.90. The Morgan fingerprint density at radius 1 is 1.33 bits per heavy atom. The average molecular weight is 466 g/mol.